The minimum atomic E-state index is 1.15. The third kappa shape index (κ3) is 2.00. The molecule has 0 aromatic heterocycles. The number of rotatable bonds is 0. The Morgan fingerprint density at radius 2 is 1.85 bits per heavy atom. The van der Waals surface area contributed by atoms with E-state index in [4.69, 9.17) is 0 Å². The predicted molar refractivity (Wildman–Crippen MR) is 59.9 cm³/mol. The molecule has 0 saturated heterocycles. The molecule has 0 amide bonds. The lowest BCUT2D eigenvalue weighted by atomic mass is 10.1. The summed E-state index contributed by atoms with van der Waals surface area (Å²) < 4.78 is 0. The molecule has 2 rings (SSSR count). The van der Waals surface area contributed by atoms with Crippen LogP contribution in [0.25, 0.3) is 5.57 Å². The number of hydrogen-bond acceptors (Lipinski definition) is 0. The van der Waals surface area contributed by atoms with E-state index in [1.807, 2.05) is 13.8 Å². The topological polar surface area (TPSA) is 0 Å². The van der Waals surface area contributed by atoms with Crippen molar-refractivity contribution in [1.29, 1.82) is 0 Å². The first-order valence-electron chi connectivity index (χ1n) is 5.05. The van der Waals surface area contributed by atoms with E-state index in [1.54, 1.807) is 0 Å². The van der Waals surface area contributed by atoms with Gasteiger partial charge in [-0.15, -0.1) is 0 Å². The molecule has 0 heteroatoms. The van der Waals surface area contributed by atoms with Gasteiger partial charge in [-0.3, -0.25) is 0 Å². The van der Waals surface area contributed by atoms with Crippen molar-refractivity contribution in [2.24, 2.45) is 0 Å². The van der Waals surface area contributed by atoms with Crippen molar-refractivity contribution in [3.8, 4) is 0 Å². The third-order valence-electron chi connectivity index (χ3n) is 2.34. The fraction of sp³-hybridized carbons (Fsp3) is 0.385. The highest BCUT2D eigenvalue weighted by Gasteiger charge is 2.12. The van der Waals surface area contributed by atoms with Gasteiger partial charge in [-0.2, -0.15) is 0 Å². The first-order valence-corrected chi connectivity index (χ1v) is 5.05. The molecule has 0 bridgehead atoms. The van der Waals surface area contributed by atoms with Crippen molar-refractivity contribution in [1.82, 2.24) is 0 Å². The quantitative estimate of drug-likeness (QED) is 0.558. The van der Waals surface area contributed by atoms with Gasteiger partial charge in [0, 0.05) is 0 Å². The highest BCUT2D eigenvalue weighted by Crippen LogP contribution is 2.30. The van der Waals surface area contributed by atoms with Crippen molar-refractivity contribution in [2.75, 3.05) is 0 Å². The first-order chi connectivity index (χ1) is 6.27. The maximum absolute atomic E-state index is 4.03. The fourth-order valence-corrected chi connectivity index (χ4v) is 1.69. The van der Waals surface area contributed by atoms with Crippen LogP contribution < -0.4 is 0 Å². The second-order valence-corrected chi connectivity index (χ2v) is 3.26. The van der Waals surface area contributed by atoms with Gasteiger partial charge in [0.2, 0.25) is 0 Å². The summed E-state index contributed by atoms with van der Waals surface area (Å²) in [6.45, 7) is 10.2. The zero-order valence-electron chi connectivity index (χ0n) is 8.85. The molecule has 0 atom stereocenters. The molecule has 0 aliphatic heterocycles. The summed E-state index contributed by atoms with van der Waals surface area (Å²) in [6, 6.07) is 6.63. The van der Waals surface area contributed by atoms with E-state index in [2.05, 4.69) is 31.7 Å². The minimum absolute atomic E-state index is 1.15. The maximum Gasteiger partial charge on any atom is -0.0198 e. The van der Waals surface area contributed by atoms with Gasteiger partial charge in [0.15, 0.2) is 0 Å². The Morgan fingerprint density at radius 1 is 1.15 bits per heavy atom. The zero-order chi connectivity index (χ0) is 9.84. The van der Waals surface area contributed by atoms with Crippen molar-refractivity contribution in [3.05, 3.63) is 41.5 Å². The summed E-state index contributed by atoms with van der Waals surface area (Å²) in [7, 11) is 0. The lowest BCUT2D eigenvalue weighted by molar-refractivity contribution is 1.08. The molecule has 1 aromatic rings. The molecule has 0 fully saturated rings. The number of aryl methyl sites for hydroxylation is 2. The molecule has 1 aromatic carbocycles. The van der Waals surface area contributed by atoms with Gasteiger partial charge in [-0.05, 0) is 36.5 Å². The molecule has 13 heavy (non-hydrogen) atoms. The average Bonchev–Trinajstić information content (AvgIpc) is 2.51. The summed E-state index contributed by atoms with van der Waals surface area (Å²) >= 11 is 0. The summed E-state index contributed by atoms with van der Waals surface area (Å²) in [5.41, 5.74) is 5.53. The lowest BCUT2D eigenvalue weighted by Crippen LogP contribution is -1.81. The molecule has 0 radical (unpaired) electrons. The van der Waals surface area contributed by atoms with Crippen LogP contribution in [-0.2, 0) is 6.42 Å². The average molecular weight is 174 g/mol. The molecule has 0 saturated carbocycles. The van der Waals surface area contributed by atoms with Crippen LogP contribution in [0.15, 0.2) is 24.8 Å². The monoisotopic (exact) mass is 174 g/mol. The van der Waals surface area contributed by atoms with E-state index in [0.29, 0.717) is 0 Å². The largest absolute Gasteiger partial charge is 0.0952 e. The molecule has 0 nitrogen and oxygen atoms in total. The smallest absolute Gasteiger partial charge is 0.0198 e. The number of hydrogen-bond donors (Lipinski definition) is 0. The number of fused-ring (bicyclic) bond motifs is 1. The van der Waals surface area contributed by atoms with Crippen molar-refractivity contribution >= 4 is 5.57 Å². The van der Waals surface area contributed by atoms with Crippen molar-refractivity contribution < 1.29 is 0 Å². The molecule has 0 spiro atoms. The standard InChI is InChI=1S/C11H12.C2H6/c1-8-3-6-11-9(2)4-5-10(11)7-8;1-2/h3,6-7H,2,4-5H2,1H3;1-2H3. The van der Waals surface area contributed by atoms with Crippen LogP contribution >= 0.6 is 0 Å². The molecular weight excluding hydrogens is 156 g/mol. The molecule has 0 heterocycles. The van der Waals surface area contributed by atoms with Crippen LogP contribution in [-0.4, -0.2) is 0 Å². The van der Waals surface area contributed by atoms with Crippen LogP contribution in [0.1, 0.15) is 37.0 Å². The summed E-state index contributed by atoms with van der Waals surface area (Å²) in [4.78, 5) is 0. The second-order valence-electron chi connectivity index (χ2n) is 3.26. The Hall–Kier alpha value is -1.04. The van der Waals surface area contributed by atoms with Gasteiger partial charge in [0.25, 0.3) is 0 Å². The van der Waals surface area contributed by atoms with Crippen LogP contribution in [0.4, 0.5) is 0 Å². The van der Waals surface area contributed by atoms with Crippen LogP contribution in [0.5, 0.6) is 0 Å². The van der Waals surface area contributed by atoms with E-state index in [9.17, 15) is 0 Å². The Bertz CT molecular complexity index is 308. The Kier molecular flexibility index (Phi) is 3.30. The fourth-order valence-electron chi connectivity index (χ4n) is 1.69. The third-order valence-corrected chi connectivity index (χ3v) is 2.34. The minimum Gasteiger partial charge on any atom is -0.0952 e. The number of allylic oxidation sites excluding steroid dienone is 1. The van der Waals surface area contributed by atoms with E-state index in [0.717, 1.165) is 6.42 Å². The van der Waals surface area contributed by atoms with Gasteiger partial charge in [-0.25, -0.2) is 0 Å². The highest BCUT2D eigenvalue weighted by molar-refractivity contribution is 5.70. The summed E-state index contributed by atoms with van der Waals surface area (Å²) in [6.07, 6.45) is 2.34. The van der Waals surface area contributed by atoms with Crippen LogP contribution in [0.3, 0.4) is 0 Å². The van der Waals surface area contributed by atoms with E-state index < -0.39 is 0 Å². The maximum atomic E-state index is 4.03. The van der Waals surface area contributed by atoms with E-state index >= 15 is 0 Å². The van der Waals surface area contributed by atoms with Gasteiger partial charge in [0.05, 0.1) is 0 Å². The first kappa shape index (κ1) is 10.0. The SMILES string of the molecule is C=C1CCc2cc(C)ccc21.CC. The molecule has 0 N–H and O–H groups in total. The highest BCUT2D eigenvalue weighted by atomic mass is 14.2. The van der Waals surface area contributed by atoms with Crippen molar-refractivity contribution in [2.45, 2.75) is 33.6 Å². The molecule has 70 valence electrons. The van der Waals surface area contributed by atoms with E-state index in [-0.39, 0.29) is 0 Å². The molecule has 1 aliphatic carbocycles. The second kappa shape index (κ2) is 4.27. The van der Waals surface area contributed by atoms with Crippen molar-refractivity contribution in [3.63, 3.8) is 0 Å². The number of benzene rings is 1. The Morgan fingerprint density at radius 3 is 2.54 bits per heavy atom. The van der Waals surface area contributed by atoms with Crippen LogP contribution in [0.2, 0.25) is 0 Å². The summed E-state index contributed by atoms with van der Waals surface area (Å²) in [5.74, 6) is 0. The van der Waals surface area contributed by atoms with Gasteiger partial charge in [0.1, 0.15) is 0 Å². The predicted octanol–water partition coefficient (Wildman–Crippen LogP) is 3.98. The molecule has 1 aliphatic rings. The summed E-state index contributed by atoms with van der Waals surface area (Å²) in [5, 5.41) is 0. The van der Waals surface area contributed by atoms with Gasteiger partial charge < -0.3 is 0 Å². The zero-order valence-corrected chi connectivity index (χ0v) is 8.85. The Labute approximate surface area is 81.3 Å². The molecule has 0 unspecified atom stereocenters. The normalized spacial score (nSPS) is 13.3. The molecular formula is C13H18. The Balaban J connectivity index is 0.000000396. The van der Waals surface area contributed by atoms with E-state index in [1.165, 1.54) is 28.7 Å². The van der Waals surface area contributed by atoms with Gasteiger partial charge in [-0.1, -0.05) is 44.2 Å². The van der Waals surface area contributed by atoms with Gasteiger partial charge >= 0.3 is 0 Å². The lowest BCUT2D eigenvalue weighted by Gasteiger charge is -1.99. The van der Waals surface area contributed by atoms with Crippen LogP contribution in [0, 0.1) is 6.92 Å².